The molecule has 0 unspecified atom stereocenters. The highest BCUT2D eigenvalue weighted by Gasteiger charge is 2.39. The van der Waals surface area contributed by atoms with Gasteiger partial charge < -0.3 is 14.3 Å². The quantitative estimate of drug-likeness (QED) is 0.792. The Labute approximate surface area is 151 Å². The van der Waals surface area contributed by atoms with E-state index in [1.54, 1.807) is 17.0 Å². The van der Waals surface area contributed by atoms with Crippen LogP contribution in [0.3, 0.4) is 0 Å². The first-order valence-electron chi connectivity index (χ1n) is 8.20. The molecule has 0 spiro atoms. The van der Waals surface area contributed by atoms with Crippen molar-refractivity contribution in [3.63, 3.8) is 0 Å². The predicted octanol–water partition coefficient (Wildman–Crippen LogP) is 3.77. The van der Waals surface area contributed by atoms with E-state index < -0.39 is 11.9 Å². The molecule has 26 heavy (non-hydrogen) atoms. The Morgan fingerprint density at radius 1 is 1.35 bits per heavy atom. The number of carbonyl (C=O) groups is 1. The van der Waals surface area contributed by atoms with Gasteiger partial charge in [0, 0.05) is 31.2 Å². The standard InChI is InChI=1S/C17H16F3N3O2S/c1-10-14(21-25-15(10)17(18,19)20)12-4-5-13(26-12)16(24)23-8-7-22-6-2-3-11(22)9-23/h2,4-6,11H,3,7-9H2,1H3/t11-/m0/s1. The van der Waals surface area contributed by atoms with Crippen molar-refractivity contribution in [2.24, 2.45) is 0 Å². The Morgan fingerprint density at radius 2 is 2.15 bits per heavy atom. The van der Waals surface area contributed by atoms with Crippen molar-refractivity contribution >= 4 is 17.2 Å². The van der Waals surface area contributed by atoms with Crippen LogP contribution in [-0.4, -0.2) is 46.5 Å². The van der Waals surface area contributed by atoms with Gasteiger partial charge in [-0.3, -0.25) is 4.79 Å². The highest BCUT2D eigenvalue weighted by molar-refractivity contribution is 7.17. The average molecular weight is 383 g/mol. The number of thiophene rings is 1. The minimum absolute atomic E-state index is 0.0657. The molecule has 0 aromatic carbocycles. The van der Waals surface area contributed by atoms with Gasteiger partial charge in [0.2, 0.25) is 5.76 Å². The molecular formula is C17H16F3N3O2S. The first kappa shape index (κ1) is 17.1. The Kier molecular flexibility index (Phi) is 4.06. The summed E-state index contributed by atoms with van der Waals surface area (Å²) in [6.45, 7) is 3.40. The normalized spacial score (nSPS) is 19.9. The summed E-state index contributed by atoms with van der Waals surface area (Å²) in [7, 11) is 0. The largest absolute Gasteiger partial charge is 0.452 e. The Bertz CT molecular complexity index is 871. The summed E-state index contributed by atoms with van der Waals surface area (Å²) in [5.74, 6) is -1.19. The third kappa shape index (κ3) is 2.90. The second-order valence-corrected chi connectivity index (χ2v) is 7.49. The fourth-order valence-electron chi connectivity index (χ4n) is 3.38. The topological polar surface area (TPSA) is 49.6 Å². The van der Waals surface area contributed by atoms with Crippen LogP contribution in [0.2, 0.25) is 0 Å². The van der Waals surface area contributed by atoms with Crippen LogP contribution in [0.1, 0.15) is 27.4 Å². The first-order valence-corrected chi connectivity index (χ1v) is 9.01. The zero-order chi connectivity index (χ0) is 18.5. The van der Waals surface area contributed by atoms with E-state index in [1.165, 1.54) is 6.92 Å². The Balaban J connectivity index is 1.53. The summed E-state index contributed by atoms with van der Waals surface area (Å²) in [5.41, 5.74) is 0.0650. The van der Waals surface area contributed by atoms with Crippen LogP contribution in [0.5, 0.6) is 0 Å². The van der Waals surface area contributed by atoms with Gasteiger partial charge in [-0.1, -0.05) is 11.2 Å². The highest BCUT2D eigenvalue weighted by Crippen LogP contribution is 2.38. The molecule has 2 aliphatic rings. The zero-order valence-corrected chi connectivity index (χ0v) is 14.7. The molecule has 138 valence electrons. The van der Waals surface area contributed by atoms with Crippen molar-refractivity contribution in [3.05, 3.63) is 40.6 Å². The lowest BCUT2D eigenvalue weighted by molar-refractivity contribution is -0.156. The van der Waals surface area contributed by atoms with E-state index in [0.29, 0.717) is 28.9 Å². The third-order valence-electron chi connectivity index (χ3n) is 4.75. The van der Waals surface area contributed by atoms with Crippen molar-refractivity contribution in [1.29, 1.82) is 0 Å². The summed E-state index contributed by atoms with van der Waals surface area (Å²) in [5, 5.41) is 3.56. The maximum Gasteiger partial charge on any atom is 0.452 e. The maximum atomic E-state index is 12.9. The fourth-order valence-corrected chi connectivity index (χ4v) is 4.39. The molecule has 4 heterocycles. The minimum atomic E-state index is -4.58. The van der Waals surface area contributed by atoms with Crippen molar-refractivity contribution in [3.8, 4) is 10.6 Å². The molecule has 1 saturated heterocycles. The molecule has 5 nitrogen and oxygen atoms in total. The SMILES string of the molecule is Cc1c(-c2ccc(C(=O)N3CCN4C=CC[C@H]4C3)s2)noc1C(F)(F)F. The van der Waals surface area contributed by atoms with Gasteiger partial charge in [-0.15, -0.1) is 11.3 Å². The first-order chi connectivity index (χ1) is 12.3. The van der Waals surface area contributed by atoms with Gasteiger partial charge in [-0.25, -0.2) is 0 Å². The number of hydrogen-bond donors (Lipinski definition) is 0. The molecule has 1 atom stereocenters. The minimum Gasteiger partial charge on any atom is -0.371 e. The lowest BCUT2D eigenvalue weighted by atomic mass is 10.1. The number of carbonyl (C=O) groups excluding carboxylic acids is 1. The maximum absolute atomic E-state index is 12.9. The van der Waals surface area contributed by atoms with Crippen LogP contribution in [0.25, 0.3) is 10.6 Å². The van der Waals surface area contributed by atoms with Crippen LogP contribution in [-0.2, 0) is 6.18 Å². The van der Waals surface area contributed by atoms with Crippen molar-refractivity contribution in [2.75, 3.05) is 19.6 Å². The van der Waals surface area contributed by atoms with Gasteiger partial charge in [0.1, 0.15) is 5.69 Å². The molecule has 0 bridgehead atoms. The molecule has 0 radical (unpaired) electrons. The second-order valence-electron chi connectivity index (χ2n) is 6.41. The molecule has 9 heteroatoms. The van der Waals surface area contributed by atoms with Crippen molar-refractivity contribution < 1.29 is 22.5 Å². The number of fused-ring (bicyclic) bond motifs is 1. The number of piperazine rings is 1. The van der Waals surface area contributed by atoms with Gasteiger partial charge in [0.25, 0.3) is 5.91 Å². The number of alkyl halides is 3. The van der Waals surface area contributed by atoms with Crippen LogP contribution >= 0.6 is 11.3 Å². The highest BCUT2D eigenvalue weighted by atomic mass is 32.1. The molecular weight excluding hydrogens is 367 g/mol. The van der Waals surface area contributed by atoms with E-state index in [4.69, 9.17) is 0 Å². The van der Waals surface area contributed by atoms with E-state index in [-0.39, 0.29) is 17.2 Å². The van der Waals surface area contributed by atoms with Gasteiger partial charge in [0.05, 0.1) is 9.75 Å². The number of aromatic nitrogens is 1. The lowest BCUT2D eigenvalue weighted by Gasteiger charge is -2.38. The molecule has 0 saturated carbocycles. The van der Waals surface area contributed by atoms with Gasteiger partial charge in [0.15, 0.2) is 0 Å². The van der Waals surface area contributed by atoms with E-state index in [1.807, 2.05) is 0 Å². The summed E-state index contributed by atoms with van der Waals surface area (Å²) in [6.07, 6.45) is 0.521. The van der Waals surface area contributed by atoms with Crippen molar-refractivity contribution in [2.45, 2.75) is 25.6 Å². The molecule has 1 fully saturated rings. The van der Waals surface area contributed by atoms with Gasteiger partial charge in [-0.05, 0) is 31.7 Å². The van der Waals surface area contributed by atoms with E-state index >= 15 is 0 Å². The Morgan fingerprint density at radius 3 is 2.88 bits per heavy atom. The summed E-state index contributed by atoms with van der Waals surface area (Å²) < 4.78 is 43.1. The monoisotopic (exact) mass is 383 g/mol. The smallest absolute Gasteiger partial charge is 0.371 e. The van der Waals surface area contributed by atoms with Gasteiger partial charge in [-0.2, -0.15) is 13.2 Å². The number of nitrogens with zero attached hydrogens (tertiary/aromatic N) is 3. The fraction of sp³-hybridized carbons (Fsp3) is 0.412. The van der Waals surface area contributed by atoms with E-state index in [2.05, 4.69) is 26.9 Å². The summed E-state index contributed by atoms with van der Waals surface area (Å²) in [6, 6.07) is 3.58. The van der Waals surface area contributed by atoms with Crippen molar-refractivity contribution in [1.82, 2.24) is 15.0 Å². The number of hydrogen-bond acceptors (Lipinski definition) is 5. The number of amides is 1. The number of rotatable bonds is 2. The zero-order valence-electron chi connectivity index (χ0n) is 13.9. The second kappa shape index (κ2) is 6.15. The lowest BCUT2D eigenvalue weighted by Crippen LogP contribution is -2.51. The third-order valence-corrected chi connectivity index (χ3v) is 5.83. The molecule has 2 aromatic rings. The van der Waals surface area contributed by atoms with E-state index in [0.717, 1.165) is 24.3 Å². The summed E-state index contributed by atoms with van der Waals surface area (Å²) >= 11 is 1.14. The molecule has 2 aliphatic heterocycles. The van der Waals surface area contributed by atoms with E-state index in [9.17, 15) is 18.0 Å². The molecule has 0 N–H and O–H groups in total. The number of halogens is 3. The Hall–Kier alpha value is -2.29. The summed E-state index contributed by atoms with van der Waals surface area (Å²) in [4.78, 5) is 17.8. The molecule has 0 aliphatic carbocycles. The van der Waals surface area contributed by atoms with Crippen LogP contribution < -0.4 is 0 Å². The van der Waals surface area contributed by atoms with Crippen LogP contribution in [0.4, 0.5) is 13.2 Å². The molecule has 2 aromatic heterocycles. The predicted molar refractivity (Wildman–Crippen MR) is 89.7 cm³/mol. The molecule has 1 amide bonds. The van der Waals surface area contributed by atoms with Crippen LogP contribution in [0.15, 0.2) is 28.9 Å². The van der Waals surface area contributed by atoms with Crippen LogP contribution in [0, 0.1) is 6.92 Å². The van der Waals surface area contributed by atoms with Gasteiger partial charge >= 0.3 is 6.18 Å². The average Bonchev–Trinajstić information content (AvgIpc) is 3.31. The molecule has 4 rings (SSSR count).